The summed E-state index contributed by atoms with van der Waals surface area (Å²) in [4.78, 5) is 25.4. The van der Waals surface area contributed by atoms with Gasteiger partial charge in [-0.05, 0) is 11.8 Å². The van der Waals surface area contributed by atoms with Crippen molar-refractivity contribution in [1.82, 2.24) is 10.2 Å². The highest BCUT2D eigenvalue weighted by atomic mass is 16.2. The van der Waals surface area contributed by atoms with Gasteiger partial charge in [0.15, 0.2) is 0 Å². The van der Waals surface area contributed by atoms with E-state index in [1.54, 1.807) is 11.9 Å². The molecular weight excluding hydrogens is 256 g/mol. The summed E-state index contributed by atoms with van der Waals surface area (Å²) in [6.45, 7) is 6.46. The molecule has 1 rings (SSSR count). The summed E-state index contributed by atoms with van der Waals surface area (Å²) in [5, 5.41) is 12.0. The predicted octanol–water partition coefficient (Wildman–Crippen LogP) is 0.381. The minimum atomic E-state index is -1.11. The molecule has 2 amide bonds. The number of hydrogen-bond donors (Lipinski definition) is 2. The van der Waals surface area contributed by atoms with E-state index in [4.69, 9.17) is 5.73 Å². The maximum Gasteiger partial charge on any atom is 0.238 e. The zero-order valence-electron chi connectivity index (χ0n) is 12.7. The molecule has 2 unspecified atom stereocenters. The Labute approximate surface area is 120 Å². The Morgan fingerprint density at radius 3 is 2.65 bits per heavy atom. The molecule has 0 aromatic carbocycles. The molecule has 0 aliphatic carbocycles. The highest BCUT2D eigenvalue weighted by Crippen LogP contribution is 2.24. The number of piperidine rings is 1. The van der Waals surface area contributed by atoms with Crippen LogP contribution in [0.2, 0.25) is 0 Å². The fourth-order valence-corrected chi connectivity index (χ4v) is 2.28. The van der Waals surface area contributed by atoms with Crippen LogP contribution < -0.4 is 11.1 Å². The third kappa shape index (κ3) is 4.20. The lowest BCUT2D eigenvalue weighted by atomic mass is 9.86. The van der Waals surface area contributed by atoms with Crippen LogP contribution in [0.15, 0.2) is 0 Å². The fraction of sp³-hybridized carbons (Fsp3) is 0.786. The van der Waals surface area contributed by atoms with Gasteiger partial charge in [0.05, 0.1) is 18.5 Å². The van der Waals surface area contributed by atoms with E-state index in [1.807, 2.05) is 20.8 Å². The summed E-state index contributed by atoms with van der Waals surface area (Å²) >= 11 is 0. The molecule has 6 nitrogen and oxygen atoms in total. The van der Waals surface area contributed by atoms with E-state index in [2.05, 4.69) is 11.4 Å². The number of nitrogens with two attached hydrogens (primary N) is 1. The van der Waals surface area contributed by atoms with Crippen LogP contribution in [0.5, 0.6) is 0 Å². The highest BCUT2D eigenvalue weighted by Gasteiger charge is 2.40. The lowest BCUT2D eigenvalue weighted by molar-refractivity contribution is -0.135. The third-order valence-electron chi connectivity index (χ3n) is 3.50. The first-order valence-corrected chi connectivity index (χ1v) is 6.81. The molecule has 112 valence electrons. The predicted molar refractivity (Wildman–Crippen MR) is 75.4 cm³/mol. The van der Waals surface area contributed by atoms with Gasteiger partial charge in [0.2, 0.25) is 11.8 Å². The van der Waals surface area contributed by atoms with Crippen molar-refractivity contribution in [1.29, 1.82) is 5.26 Å². The first-order valence-electron chi connectivity index (χ1n) is 6.81. The van der Waals surface area contributed by atoms with E-state index in [1.165, 1.54) is 0 Å². The average molecular weight is 280 g/mol. The molecular formula is C14H24N4O2. The number of hydrogen-bond acceptors (Lipinski definition) is 4. The zero-order valence-corrected chi connectivity index (χ0v) is 12.7. The van der Waals surface area contributed by atoms with E-state index in [9.17, 15) is 14.9 Å². The van der Waals surface area contributed by atoms with Crippen molar-refractivity contribution in [3.63, 3.8) is 0 Å². The second kappa shape index (κ2) is 5.80. The molecule has 1 heterocycles. The molecule has 0 aromatic heterocycles. The van der Waals surface area contributed by atoms with E-state index < -0.39 is 11.6 Å². The molecule has 0 spiro atoms. The van der Waals surface area contributed by atoms with Gasteiger partial charge in [0.25, 0.3) is 0 Å². The van der Waals surface area contributed by atoms with Gasteiger partial charge in [-0.15, -0.1) is 0 Å². The third-order valence-corrected chi connectivity index (χ3v) is 3.50. The summed E-state index contributed by atoms with van der Waals surface area (Å²) < 4.78 is 0. The summed E-state index contributed by atoms with van der Waals surface area (Å²) in [7, 11) is 1.69. The van der Waals surface area contributed by atoms with E-state index >= 15 is 0 Å². The number of nitrogens with one attached hydrogen (secondary N) is 1. The summed E-state index contributed by atoms with van der Waals surface area (Å²) in [5.74, 6) is -0.499. The molecule has 0 saturated carbocycles. The van der Waals surface area contributed by atoms with E-state index in [0.717, 1.165) is 0 Å². The average Bonchev–Trinajstić information content (AvgIpc) is 2.32. The van der Waals surface area contributed by atoms with Crippen molar-refractivity contribution in [3.8, 4) is 6.07 Å². The van der Waals surface area contributed by atoms with Crippen molar-refractivity contribution in [3.05, 3.63) is 0 Å². The monoisotopic (exact) mass is 280 g/mol. The highest BCUT2D eigenvalue weighted by molar-refractivity contribution is 5.85. The molecule has 3 N–H and O–H groups in total. The number of nitriles is 1. The normalized spacial score (nSPS) is 25.0. The standard InChI is InChI=1S/C14H24N4O2/c1-13(2,3)7-10(16)12(20)17-14(9-15)5-6-18(4)11(19)8-14/h10H,5-8,16H2,1-4H3,(H,17,20). The summed E-state index contributed by atoms with van der Waals surface area (Å²) in [6.07, 6.45) is 0.960. The minimum Gasteiger partial charge on any atom is -0.346 e. The SMILES string of the molecule is CN1CCC(C#N)(NC(=O)C(N)CC(C)(C)C)CC1=O. The van der Waals surface area contributed by atoms with Crippen LogP contribution in [-0.4, -0.2) is 41.9 Å². The molecule has 2 atom stereocenters. The maximum absolute atomic E-state index is 12.1. The number of amides is 2. The van der Waals surface area contributed by atoms with Gasteiger partial charge in [-0.25, -0.2) is 0 Å². The van der Waals surface area contributed by atoms with Gasteiger partial charge in [0.1, 0.15) is 5.54 Å². The van der Waals surface area contributed by atoms with E-state index in [0.29, 0.717) is 19.4 Å². The second-order valence-corrected chi connectivity index (χ2v) is 6.80. The number of rotatable bonds is 3. The van der Waals surface area contributed by atoms with Crippen LogP contribution in [0.25, 0.3) is 0 Å². The minimum absolute atomic E-state index is 0.00791. The molecule has 1 fully saturated rings. The van der Waals surface area contributed by atoms with Gasteiger partial charge in [-0.3, -0.25) is 9.59 Å². The fourth-order valence-electron chi connectivity index (χ4n) is 2.28. The van der Waals surface area contributed by atoms with Gasteiger partial charge in [0, 0.05) is 20.0 Å². The van der Waals surface area contributed by atoms with Crippen LogP contribution in [0, 0.1) is 16.7 Å². The van der Waals surface area contributed by atoms with Crippen LogP contribution in [0.1, 0.15) is 40.0 Å². The lowest BCUT2D eigenvalue weighted by Crippen LogP contribution is -2.58. The molecule has 0 radical (unpaired) electrons. The Bertz CT molecular complexity index is 435. The molecule has 1 aliphatic rings. The van der Waals surface area contributed by atoms with Crippen LogP contribution in [0.3, 0.4) is 0 Å². The van der Waals surface area contributed by atoms with Crippen LogP contribution in [-0.2, 0) is 9.59 Å². The molecule has 0 bridgehead atoms. The Kier molecular flexibility index (Phi) is 4.77. The van der Waals surface area contributed by atoms with Gasteiger partial charge in [-0.1, -0.05) is 20.8 Å². The quantitative estimate of drug-likeness (QED) is 0.780. The van der Waals surface area contributed by atoms with Gasteiger partial charge in [-0.2, -0.15) is 5.26 Å². The first kappa shape index (κ1) is 16.4. The smallest absolute Gasteiger partial charge is 0.238 e. The second-order valence-electron chi connectivity index (χ2n) is 6.80. The Hall–Kier alpha value is -1.61. The Morgan fingerprint density at radius 2 is 2.20 bits per heavy atom. The number of likely N-dealkylation sites (tertiary alicyclic amines) is 1. The van der Waals surface area contributed by atoms with Crippen molar-refractivity contribution in [2.45, 2.75) is 51.6 Å². The molecule has 6 heteroatoms. The summed E-state index contributed by atoms with van der Waals surface area (Å²) in [5.41, 5.74) is 4.69. The van der Waals surface area contributed by atoms with Crippen LogP contribution in [0.4, 0.5) is 0 Å². The van der Waals surface area contributed by atoms with Gasteiger partial charge < -0.3 is 16.0 Å². The van der Waals surface area contributed by atoms with E-state index in [-0.39, 0.29) is 23.7 Å². The Balaban J connectivity index is 2.72. The summed E-state index contributed by atoms with van der Waals surface area (Å²) in [6, 6.07) is 1.41. The first-order chi connectivity index (χ1) is 9.08. The lowest BCUT2D eigenvalue weighted by Gasteiger charge is -2.36. The van der Waals surface area contributed by atoms with Crippen molar-refractivity contribution in [2.24, 2.45) is 11.1 Å². The number of carbonyl (C=O) groups is 2. The molecule has 1 saturated heterocycles. The van der Waals surface area contributed by atoms with Crippen LogP contribution >= 0.6 is 0 Å². The van der Waals surface area contributed by atoms with Crippen molar-refractivity contribution in [2.75, 3.05) is 13.6 Å². The number of nitrogens with zero attached hydrogens (tertiary/aromatic N) is 2. The topological polar surface area (TPSA) is 99.2 Å². The Morgan fingerprint density at radius 1 is 1.60 bits per heavy atom. The molecule has 1 aliphatic heterocycles. The maximum atomic E-state index is 12.1. The molecule has 20 heavy (non-hydrogen) atoms. The molecule has 0 aromatic rings. The number of carbonyl (C=O) groups excluding carboxylic acids is 2. The van der Waals surface area contributed by atoms with Gasteiger partial charge >= 0.3 is 0 Å². The van der Waals surface area contributed by atoms with Crippen molar-refractivity contribution < 1.29 is 9.59 Å². The zero-order chi connectivity index (χ0) is 15.6. The van der Waals surface area contributed by atoms with Crippen molar-refractivity contribution >= 4 is 11.8 Å². The largest absolute Gasteiger partial charge is 0.346 e.